The van der Waals surface area contributed by atoms with Crippen LogP contribution in [-0.2, 0) is 26.8 Å². The van der Waals surface area contributed by atoms with Crippen LogP contribution >= 0.6 is 0 Å². The van der Waals surface area contributed by atoms with Gasteiger partial charge in [0.2, 0.25) is 0 Å². The first-order valence-electron chi connectivity index (χ1n) is 9.91. The molecule has 1 atom stereocenters. The van der Waals surface area contributed by atoms with Gasteiger partial charge in [-0.1, -0.05) is 54.6 Å². The van der Waals surface area contributed by atoms with Crippen LogP contribution in [0.3, 0.4) is 0 Å². The maximum absolute atomic E-state index is 13.0. The first kappa shape index (κ1) is 21.0. The minimum Gasteiger partial charge on any atom is -0.385 e. The number of hydroxylamine groups is 2. The highest BCUT2D eigenvalue weighted by molar-refractivity contribution is 7.89. The highest BCUT2D eigenvalue weighted by Gasteiger charge is 2.49. The third-order valence-corrected chi connectivity index (χ3v) is 6.70. The maximum Gasteiger partial charge on any atom is 0.261 e. The Morgan fingerprint density at radius 1 is 1.00 bits per heavy atom. The second-order valence-corrected chi connectivity index (χ2v) is 8.95. The van der Waals surface area contributed by atoms with Crippen molar-refractivity contribution in [3.05, 3.63) is 108 Å². The SMILES string of the molecule is O=S(=O)(NC1=CON(O)C1(CCCc1cccnc1)c1ccccc1)c1ccccc1. The number of aromatic nitrogens is 1. The lowest BCUT2D eigenvalue weighted by molar-refractivity contribution is -0.346. The van der Waals surface area contributed by atoms with Crippen LogP contribution in [0.4, 0.5) is 0 Å². The number of sulfonamides is 1. The van der Waals surface area contributed by atoms with E-state index in [-0.39, 0.29) is 10.6 Å². The molecule has 2 N–H and O–H groups in total. The first-order valence-corrected chi connectivity index (χ1v) is 11.4. The second kappa shape index (κ2) is 8.89. The van der Waals surface area contributed by atoms with Crippen LogP contribution in [0.15, 0.2) is 102 Å². The van der Waals surface area contributed by atoms with E-state index in [0.717, 1.165) is 17.2 Å². The van der Waals surface area contributed by atoms with Crippen molar-refractivity contribution in [2.75, 3.05) is 0 Å². The fourth-order valence-electron chi connectivity index (χ4n) is 3.75. The molecule has 31 heavy (non-hydrogen) atoms. The number of nitrogens with zero attached hydrogens (tertiary/aromatic N) is 2. The van der Waals surface area contributed by atoms with Gasteiger partial charge in [-0.25, -0.2) is 8.42 Å². The van der Waals surface area contributed by atoms with Crippen molar-refractivity contribution in [3.63, 3.8) is 0 Å². The lowest BCUT2D eigenvalue weighted by Crippen LogP contribution is -2.46. The standard InChI is InChI=1S/C23H23N3O4S/c27-26-23(20-11-3-1-4-12-20,15-7-9-19-10-8-16-24-17-19)22(18-30-26)25-31(28,29)21-13-5-2-6-14-21/h1-6,8,10-14,16-18,25,27H,7,9,15H2. The summed E-state index contributed by atoms with van der Waals surface area (Å²) in [5, 5.41) is 11.5. The number of rotatable bonds is 8. The number of nitrogens with one attached hydrogen (secondary N) is 1. The zero-order chi connectivity index (χ0) is 21.7. The molecular weight excluding hydrogens is 414 g/mol. The van der Waals surface area contributed by atoms with Gasteiger partial charge in [-0.2, -0.15) is 0 Å². The van der Waals surface area contributed by atoms with Crippen molar-refractivity contribution in [1.29, 1.82) is 0 Å². The van der Waals surface area contributed by atoms with E-state index >= 15 is 0 Å². The zero-order valence-electron chi connectivity index (χ0n) is 16.8. The lowest BCUT2D eigenvalue weighted by atomic mass is 9.83. The van der Waals surface area contributed by atoms with Crippen molar-refractivity contribution in [2.45, 2.75) is 29.7 Å². The molecular formula is C23H23N3O4S. The van der Waals surface area contributed by atoms with Crippen LogP contribution < -0.4 is 4.72 Å². The molecule has 1 unspecified atom stereocenters. The van der Waals surface area contributed by atoms with E-state index < -0.39 is 15.6 Å². The minimum absolute atomic E-state index is 0.129. The maximum atomic E-state index is 13.0. The summed E-state index contributed by atoms with van der Waals surface area (Å²) in [6.45, 7) is 0. The van der Waals surface area contributed by atoms with Gasteiger partial charge >= 0.3 is 0 Å². The Hall–Kier alpha value is -3.20. The molecule has 1 aromatic heterocycles. The van der Waals surface area contributed by atoms with Crippen molar-refractivity contribution in [3.8, 4) is 0 Å². The summed E-state index contributed by atoms with van der Waals surface area (Å²) in [5.74, 6) is 0. The predicted molar refractivity (Wildman–Crippen MR) is 115 cm³/mol. The summed E-state index contributed by atoms with van der Waals surface area (Å²) in [4.78, 5) is 9.57. The van der Waals surface area contributed by atoms with Crippen LogP contribution in [0.1, 0.15) is 24.0 Å². The average molecular weight is 438 g/mol. The summed E-state index contributed by atoms with van der Waals surface area (Å²) in [5.41, 5.74) is 0.814. The molecule has 0 amide bonds. The average Bonchev–Trinajstić information content (AvgIpc) is 3.11. The van der Waals surface area contributed by atoms with Crippen LogP contribution in [0.2, 0.25) is 0 Å². The molecule has 0 saturated heterocycles. The van der Waals surface area contributed by atoms with Gasteiger partial charge in [-0.05, 0) is 53.8 Å². The molecule has 160 valence electrons. The Morgan fingerprint density at radius 2 is 1.71 bits per heavy atom. The number of hydrogen-bond acceptors (Lipinski definition) is 6. The largest absolute Gasteiger partial charge is 0.385 e. The quantitative estimate of drug-likeness (QED) is 0.558. The van der Waals surface area contributed by atoms with Crippen molar-refractivity contribution in [1.82, 2.24) is 14.9 Å². The Morgan fingerprint density at radius 3 is 2.39 bits per heavy atom. The third kappa shape index (κ3) is 4.32. The molecule has 1 aliphatic rings. The molecule has 2 aromatic carbocycles. The van der Waals surface area contributed by atoms with Crippen LogP contribution in [-0.4, -0.2) is 23.8 Å². The van der Waals surface area contributed by atoms with Gasteiger partial charge in [0.15, 0.2) is 5.54 Å². The molecule has 0 aliphatic carbocycles. The Balaban J connectivity index is 1.66. The number of aryl methyl sites for hydroxylation is 1. The number of pyridine rings is 1. The van der Waals surface area contributed by atoms with E-state index in [1.54, 1.807) is 30.6 Å². The van der Waals surface area contributed by atoms with Gasteiger partial charge in [0.05, 0.1) is 10.6 Å². The van der Waals surface area contributed by atoms with Crippen LogP contribution in [0.5, 0.6) is 0 Å². The van der Waals surface area contributed by atoms with Crippen LogP contribution in [0.25, 0.3) is 0 Å². The Kier molecular flexibility index (Phi) is 6.03. The highest BCUT2D eigenvalue weighted by atomic mass is 32.2. The molecule has 0 saturated carbocycles. The third-order valence-electron chi connectivity index (χ3n) is 5.32. The van der Waals surface area contributed by atoms with Gasteiger partial charge < -0.3 is 4.84 Å². The molecule has 3 aromatic rings. The van der Waals surface area contributed by atoms with Gasteiger partial charge in [0, 0.05) is 12.4 Å². The summed E-state index contributed by atoms with van der Waals surface area (Å²) in [6, 6.07) is 21.2. The number of hydrogen-bond donors (Lipinski definition) is 2. The lowest BCUT2D eigenvalue weighted by Gasteiger charge is -2.35. The molecule has 0 fully saturated rings. The molecule has 7 nitrogen and oxygen atoms in total. The molecule has 4 rings (SSSR count). The highest BCUT2D eigenvalue weighted by Crippen LogP contribution is 2.43. The molecule has 8 heteroatoms. The molecule has 0 radical (unpaired) electrons. The smallest absolute Gasteiger partial charge is 0.261 e. The fraction of sp³-hybridized carbons (Fsp3) is 0.174. The van der Waals surface area contributed by atoms with Gasteiger partial charge in [-0.3, -0.25) is 14.9 Å². The Bertz CT molecular complexity index is 1140. The monoisotopic (exact) mass is 437 g/mol. The normalized spacial score (nSPS) is 18.9. The summed E-state index contributed by atoms with van der Waals surface area (Å²) in [6.07, 6.45) is 6.55. The van der Waals surface area contributed by atoms with Crippen molar-refractivity contribution in [2.24, 2.45) is 0 Å². The summed E-state index contributed by atoms with van der Waals surface area (Å²) < 4.78 is 28.6. The van der Waals surface area contributed by atoms with Gasteiger partial charge in [0.25, 0.3) is 10.0 Å². The summed E-state index contributed by atoms with van der Waals surface area (Å²) in [7, 11) is -3.87. The van der Waals surface area contributed by atoms with E-state index in [1.165, 1.54) is 18.4 Å². The molecule has 0 spiro atoms. The molecule has 0 bridgehead atoms. The van der Waals surface area contributed by atoms with E-state index in [2.05, 4.69) is 9.71 Å². The van der Waals surface area contributed by atoms with E-state index in [0.29, 0.717) is 18.4 Å². The Labute approximate surface area is 181 Å². The van der Waals surface area contributed by atoms with Crippen molar-refractivity contribution >= 4 is 10.0 Å². The van der Waals surface area contributed by atoms with Gasteiger partial charge in [-0.15, -0.1) is 0 Å². The fourth-order valence-corrected chi connectivity index (χ4v) is 4.89. The van der Waals surface area contributed by atoms with Crippen molar-refractivity contribution < 1.29 is 18.5 Å². The second-order valence-electron chi connectivity index (χ2n) is 7.27. The van der Waals surface area contributed by atoms with E-state index in [1.807, 2.05) is 42.5 Å². The zero-order valence-corrected chi connectivity index (χ0v) is 17.6. The minimum atomic E-state index is -3.87. The van der Waals surface area contributed by atoms with Gasteiger partial charge in [0.1, 0.15) is 6.26 Å². The number of benzene rings is 2. The topological polar surface area (TPSA) is 91.8 Å². The molecule has 2 heterocycles. The molecule has 1 aliphatic heterocycles. The summed E-state index contributed by atoms with van der Waals surface area (Å²) >= 11 is 0. The van der Waals surface area contributed by atoms with E-state index in [4.69, 9.17) is 4.84 Å². The van der Waals surface area contributed by atoms with Crippen LogP contribution in [0, 0.1) is 0 Å². The predicted octanol–water partition coefficient (Wildman–Crippen LogP) is 3.76. The van der Waals surface area contributed by atoms with E-state index in [9.17, 15) is 13.6 Å². The first-order chi connectivity index (χ1) is 15.0.